The van der Waals surface area contributed by atoms with Gasteiger partial charge in [-0.25, -0.2) is 4.79 Å². The van der Waals surface area contributed by atoms with Gasteiger partial charge in [-0.1, -0.05) is 58.4 Å². The molecule has 3 rings (SSSR count). The summed E-state index contributed by atoms with van der Waals surface area (Å²) in [7, 11) is 0. The van der Waals surface area contributed by atoms with Crippen LogP contribution in [0.2, 0.25) is 0 Å². The van der Waals surface area contributed by atoms with Crippen molar-refractivity contribution < 1.29 is 14.6 Å². The third-order valence-electron chi connectivity index (χ3n) is 3.56. The van der Waals surface area contributed by atoms with Crippen molar-refractivity contribution in [3.8, 4) is 16.9 Å². The molecule has 0 spiro atoms. The van der Waals surface area contributed by atoms with Crippen LogP contribution < -0.4 is 5.32 Å². The standard InChI is InChI=1S/C20H16BrNO3/c21-17-10-16(11-19(23)12-17)15-6-8-18(9-7-15)22-20(24)25-13-14-4-2-1-3-5-14/h1-12,23H,13H2,(H,22,24). The summed E-state index contributed by atoms with van der Waals surface area (Å²) in [5, 5.41) is 12.4. The maximum Gasteiger partial charge on any atom is 0.411 e. The Hall–Kier alpha value is -2.79. The predicted octanol–water partition coefficient (Wildman–Crippen LogP) is 5.57. The number of phenolic OH excluding ortho intramolecular Hbond substituents is 1. The van der Waals surface area contributed by atoms with E-state index in [9.17, 15) is 9.90 Å². The Kier molecular flexibility index (Phi) is 5.36. The highest BCUT2D eigenvalue weighted by atomic mass is 79.9. The number of hydrogen-bond acceptors (Lipinski definition) is 3. The van der Waals surface area contributed by atoms with Crippen molar-refractivity contribution in [2.75, 3.05) is 5.32 Å². The molecule has 4 nitrogen and oxygen atoms in total. The summed E-state index contributed by atoms with van der Waals surface area (Å²) in [5.74, 6) is 0.191. The second kappa shape index (κ2) is 7.85. The van der Waals surface area contributed by atoms with Crippen LogP contribution in [-0.2, 0) is 11.3 Å². The van der Waals surface area contributed by atoms with Crippen molar-refractivity contribution in [2.45, 2.75) is 6.61 Å². The Morgan fingerprint density at radius 1 is 0.960 bits per heavy atom. The summed E-state index contributed by atoms with van der Waals surface area (Å²) in [4.78, 5) is 11.9. The van der Waals surface area contributed by atoms with Crippen LogP contribution in [0.15, 0.2) is 77.3 Å². The lowest BCUT2D eigenvalue weighted by Crippen LogP contribution is -2.13. The Bertz CT molecular complexity index is 844. The first-order valence-electron chi connectivity index (χ1n) is 7.68. The molecular weight excluding hydrogens is 382 g/mol. The number of benzene rings is 3. The summed E-state index contributed by atoms with van der Waals surface area (Å²) < 4.78 is 5.99. The molecule has 0 heterocycles. The van der Waals surface area contributed by atoms with Crippen LogP contribution in [0.1, 0.15) is 5.56 Å². The number of carbonyl (C=O) groups excluding carboxylic acids is 1. The van der Waals surface area contributed by atoms with Gasteiger partial charge in [-0.15, -0.1) is 0 Å². The highest BCUT2D eigenvalue weighted by Gasteiger charge is 2.05. The SMILES string of the molecule is O=C(Nc1ccc(-c2cc(O)cc(Br)c2)cc1)OCc1ccccc1. The van der Waals surface area contributed by atoms with Gasteiger partial charge in [0.05, 0.1) is 0 Å². The Labute approximate surface area is 154 Å². The van der Waals surface area contributed by atoms with Gasteiger partial charge in [-0.05, 0) is 47.0 Å². The first-order chi connectivity index (χ1) is 12.1. The fraction of sp³-hybridized carbons (Fsp3) is 0.0500. The quantitative estimate of drug-likeness (QED) is 0.604. The van der Waals surface area contributed by atoms with Crippen molar-refractivity contribution in [3.05, 3.63) is 82.8 Å². The number of nitrogens with one attached hydrogen (secondary N) is 1. The number of aromatic hydroxyl groups is 1. The van der Waals surface area contributed by atoms with Crippen LogP contribution in [0.3, 0.4) is 0 Å². The van der Waals surface area contributed by atoms with Gasteiger partial charge < -0.3 is 9.84 Å². The maximum atomic E-state index is 11.9. The van der Waals surface area contributed by atoms with E-state index in [1.54, 1.807) is 24.3 Å². The predicted molar refractivity (Wildman–Crippen MR) is 101 cm³/mol. The van der Waals surface area contributed by atoms with Gasteiger partial charge in [0.15, 0.2) is 0 Å². The van der Waals surface area contributed by atoms with E-state index in [2.05, 4.69) is 21.2 Å². The zero-order chi connectivity index (χ0) is 17.6. The average Bonchev–Trinajstić information content (AvgIpc) is 2.61. The molecule has 0 aliphatic heterocycles. The average molecular weight is 398 g/mol. The van der Waals surface area contributed by atoms with E-state index in [1.807, 2.05) is 48.5 Å². The van der Waals surface area contributed by atoms with Crippen LogP contribution in [0.25, 0.3) is 11.1 Å². The Morgan fingerprint density at radius 3 is 2.36 bits per heavy atom. The second-order valence-electron chi connectivity index (χ2n) is 5.46. The summed E-state index contributed by atoms with van der Waals surface area (Å²) >= 11 is 3.36. The van der Waals surface area contributed by atoms with Crippen molar-refractivity contribution in [1.29, 1.82) is 0 Å². The van der Waals surface area contributed by atoms with Gasteiger partial charge in [0.1, 0.15) is 12.4 Å². The monoisotopic (exact) mass is 397 g/mol. The zero-order valence-corrected chi connectivity index (χ0v) is 14.9. The van der Waals surface area contributed by atoms with Crippen molar-refractivity contribution in [2.24, 2.45) is 0 Å². The van der Waals surface area contributed by atoms with Gasteiger partial charge in [-0.3, -0.25) is 5.32 Å². The molecule has 0 radical (unpaired) electrons. The summed E-state index contributed by atoms with van der Waals surface area (Å²) in [6.07, 6.45) is -0.503. The number of ether oxygens (including phenoxy) is 1. The van der Waals surface area contributed by atoms with E-state index in [0.717, 1.165) is 21.2 Å². The molecule has 5 heteroatoms. The third-order valence-corrected chi connectivity index (χ3v) is 4.02. The number of phenols is 1. The molecule has 3 aromatic rings. The highest BCUT2D eigenvalue weighted by Crippen LogP contribution is 2.28. The van der Waals surface area contributed by atoms with Gasteiger partial charge >= 0.3 is 6.09 Å². The summed E-state index contributed by atoms with van der Waals surface area (Å²) in [6.45, 7) is 0.224. The van der Waals surface area contributed by atoms with Crippen LogP contribution >= 0.6 is 15.9 Å². The normalized spacial score (nSPS) is 10.3. The first kappa shape index (κ1) is 17.0. The van der Waals surface area contributed by atoms with Gasteiger partial charge in [0.2, 0.25) is 0 Å². The minimum Gasteiger partial charge on any atom is -0.508 e. The van der Waals surface area contributed by atoms with E-state index in [4.69, 9.17) is 4.74 Å². The van der Waals surface area contributed by atoms with Gasteiger partial charge in [0.25, 0.3) is 0 Å². The maximum absolute atomic E-state index is 11.9. The Morgan fingerprint density at radius 2 is 1.68 bits per heavy atom. The number of rotatable bonds is 4. The third kappa shape index (κ3) is 4.84. The van der Waals surface area contributed by atoms with Gasteiger partial charge in [-0.2, -0.15) is 0 Å². The van der Waals surface area contributed by atoms with Crippen LogP contribution in [-0.4, -0.2) is 11.2 Å². The number of carbonyl (C=O) groups is 1. The highest BCUT2D eigenvalue weighted by molar-refractivity contribution is 9.10. The van der Waals surface area contributed by atoms with E-state index < -0.39 is 6.09 Å². The lowest BCUT2D eigenvalue weighted by atomic mass is 10.1. The van der Waals surface area contributed by atoms with Crippen LogP contribution in [0.5, 0.6) is 5.75 Å². The molecule has 25 heavy (non-hydrogen) atoms. The molecule has 0 aliphatic rings. The minimum atomic E-state index is -0.503. The fourth-order valence-electron chi connectivity index (χ4n) is 2.36. The molecule has 1 amide bonds. The van der Waals surface area contributed by atoms with Crippen molar-refractivity contribution >= 4 is 27.7 Å². The second-order valence-corrected chi connectivity index (χ2v) is 6.38. The van der Waals surface area contributed by atoms with E-state index in [0.29, 0.717) is 5.69 Å². The molecule has 0 atom stereocenters. The first-order valence-corrected chi connectivity index (χ1v) is 8.47. The molecule has 0 unspecified atom stereocenters. The zero-order valence-electron chi connectivity index (χ0n) is 13.3. The molecule has 2 N–H and O–H groups in total. The Balaban J connectivity index is 1.61. The molecule has 0 saturated carbocycles. The minimum absolute atomic E-state index is 0.191. The molecule has 0 aromatic heterocycles. The van der Waals surface area contributed by atoms with Crippen LogP contribution in [0.4, 0.5) is 10.5 Å². The van der Waals surface area contributed by atoms with Gasteiger partial charge in [0, 0.05) is 10.2 Å². The van der Waals surface area contributed by atoms with E-state index in [1.165, 1.54) is 0 Å². The molecule has 0 saturated heterocycles. The lowest BCUT2D eigenvalue weighted by Gasteiger charge is -2.08. The lowest BCUT2D eigenvalue weighted by molar-refractivity contribution is 0.155. The largest absolute Gasteiger partial charge is 0.508 e. The topological polar surface area (TPSA) is 58.6 Å². The molecule has 3 aromatic carbocycles. The smallest absolute Gasteiger partial charge is 0.411 e. The molecular formula is C20H16BrNO3. The van der Waals surface area contributed by atoms with Crippen LogP contribution in [0, 0.1) is 0 Å². The van der Waals surface area contributed by atoms with E-state index >= 15 is 0 Å². The van der Waals surface area contributed by atoms with E-state index in [-0.39, 0.29) is 12.4 Å². The molecule has 0 fully saturated rings. The molecule has 0 aliphatic carbocycles. The number of halogens is 1. The number of anilines is 1. The van der Waals surface area contributed by atoms with Crippen molar-refractivity contribution in [1.82, 2.24) is 0 Å². The molecule has 126 valence electrons. The fourth-order valence-corrected chi connectivity index (χ4v) is 2.85. The summed E-state index contributed by atoms with van der Waals surface area (Å²) in [5.41, 5.74) is 3.38. The van der Waals surface area contributed by atoms with Crippen molar-refractivity contribution in [3.63, 3.8) is 0 Å². The number of amides is 1. The molecule has 0 bridgehead atoms. The number of hydrogen-bond donors (Lipinski definition) is 2. The summed E-state index contributed by atoms with van der Waals surface area (Å²) in [6, 6.07) is 22.0.